The Bertz CT molecular complexity index is 250. The van der Waals surface area contributed by atoms with Crippen molar-refractivity contribution in [2.75, 3.05) is 7.11 Å². The van der Waals surface area contributed by atoms with Crippen LogP contribution in [-0.2, 0) is 9.53 Å². The minimum Gasteiger partial charge on any atom is -0.469 e. The highest BCUT2D eigenvalue weighted by Crippen LogP contribution is 2.37. The van der Waals surface area contributed by atoms with Crippen LogP contribution in [0, 0.1) is 11.3 Å². The standard InChI is InChI=1S/C13H25NO2/c1-9(12(15)16-5)10(2)14-11-6-7-13(3,4)8-11/h9-11,14H,6-8H2,1-5H3. The summed E-state index contributed by atoms with van der Waals surface area (Å²) in [7, 11) is 1.45. The molecule has 1 saturated carbocycles. The van der Waals surface area contributed by atoms with E-state index in [1.165, 1.54) is 26.4 Å². The first-order chi connectivity index (χ1) is 7.35. The molecule has 1 rings (SSSR count). The maximum absolute atomic E-state index is 11.4. The molecule has 0 radical (unpaired) electrons. The van der Waals surface area contributed by atoms with E-state index in [9.17, 15) is 4.79 Å². The SMILES string of the molecule is COC(=O)C(C)C(C)NC1CCC(C)(C)C1. The Kier molecular flexibility index (Phi) is 4.36. The fourth-order valence-electron chi connectivity index (χ4n) is 2.48. The van der Waals surface area contributed by atoms with E-state index < -0.39 is 0 Å². The van der Waals surface area contributed by atoms with Crippen LogP contribution < -0.4 is 5.32 Å². The topological polar surface area (TPSA) is 38.3 Å². The van der Waals surface area contributed by atoms with Gasteiger partial charge in [0.1, 0.15) is 0 Å². The van der Waals surface area contributed by atoms with Crippen LogP contribution in [0.25, 0.3) is 0 Å². The predicted molar refractivity (Wildman–Crippen MR) is 65.2 cm³/mol. The summed E-state index contributed by atoms with van der Waals surface area (Å²) < 4.78 is 4.76. The van der Waals surface area contributed by atoms with E-state index in [0.29, 0.717) is 11.5 Å². The third-order valence-electron chi connectivity index (χ3n) is 3.79. The highest BCUT2D eigenvalue weighted by Gasteiger charge is 2.32. The summed E-state index contributed by atoms with van der Waals surface area (Å²) >= 11 is 0. The molecule has 1 aliphatic carbocycles. The summed E-state index contributed by atoms with van der Waals surface area (Å²) in [5.74, 6) is -0.203. The van der Waals surface area contributed by atoms with Gasteiger partial charge in [-0.25, -0.2) is 0 Å². The van der Waals surface area contributed by atoms with Crippen LogP contribution in [0.2, 0.25) is 0 Å². The van der Waals surface area contributed by atoms with Gasteiger partial charge >= 0.3 is 5.97 Å². The second kappa shape index (κ2) is 5.17. The van der Waals surface area contributed by atoms with Crippen molar-refractivity contribution in [3.05, 3.63) is 0 Å². The van der Waals surface area contributed by atoms with E-state index in [2.05, 4.69) is 26.1 Å². The smallest absolute Gasteiger partial charge is 0.309 e. The normalized spacial score (nSPS) is 27.4. The van der Waals surface area contributed by atoms with Gasteiger partial charge in [0.2, 0.25) is 0 Å². The molecule has 1 N–H and O–H groups in total. The molecule has 16 heavy (non-hydrogen) atoms. The molecule has 94 valence electrons. The largest absolute Gasteiger partial charge is 0.469 e. The van der Waals surface area contributed by atoms with Gasteiger partial charge in [-0.3, -0.25) is 4.79 Å². The Morgan fingerprint density at radius 3 is 2.50 bits per heavy atom. The number of esters is 1. The summed E-state index contributed by atoms with van der Waals surface area (Å²) in [5.41, 5.74) is 0.450. The summed E-state index contributed by atoms with van der Waals surface area (Å²) in [6.45, 7) is 8.60. The minimum atomic E-state index is -0.128. The number of nitrogens with one attached hydrogen (secondary N) is 1. The number of methoxy groups -OCH3 is 1. The molecule has 0 bridgehead atoms. The molecule has 0 spiro atoms. The summed E-state index contributed by atoms with van der Waals surface area (Å²) in [5, 5.41) is 3.55. The minimum absolute atomic E-state index is 0.0753. The molecule has 3 unspecified atom stereocenters. The van der Waals surface area contributed by atoms with Gasteiger partial charge in [0.25, 0.3) is 0 Å². The van der Waals surface area contributed by atoms with Gasteiger partial charge in [-0.1, -0.05) is 20.8 Å². The van der Waals surface area contributed by atoms with E-state index in [-0.39, 0.29) is 17.9 Å². The van der Waals surface area contributed by atoms with Crippen molar-refractivity contribution in [2.45, 2.75) is 59.0 Å². The molecule has 1 aliphatic rings. The van der Waals surface area contributed by atoms with Crippen molar-refractivity contribution in [1.29, 1.82) is 0 Å². The second-order valence-electron chi connectivity index (χ2n) is 5.87. The molecule has 0 aromatic carbocycles. The van der Waals surface area contributed by atoms with Crippen molar-refractivity contribution in [1.82, 2.24) is 5.32 Å². The van der Waals surface area contributed by atoms with Crippen LogP contribution in [0.15, 0.2) is 0 Å². The van der Waals surface area contributed by atoms with Gasteiger partial charge < -0.3 is 10.1 Å². The zero-order chi connectivity index (χ0) is 12.3. The van der Waals surface area contributed by atoms with Crippen molar-refractivity contribution in [2.24, 2.45) is 11.3 Å². The van der Waals surface area contributed by atoms with Crippen LogP contribution in [0.1, 0.15) is 47.0 Å². The average Bonchev–Trinajstić information content (AvgIpc) is 2.55. The first-order valence-electron chi connectivity index (χ1n) is 6.19. The van der Waals surface area contributed by atoms with Crippen LogP contribution in [0.5, 0.6) is 0 Å². The van der Waals surface area contributed by atoms with Crippen molar-refractivity contribution < 1.29 is 9.53 Å². The van der Waals surface area contributed by atoms with Crippen LogP contribution in [-0.4, -0.2) is 25.2 Å². The molecule has 0 amide bonds. The van der Waals surface area contributed by atoms with Gasteiger partial charge in [-0.2, -0.15) is 0 Å². The zero-order valence-electron chi connectivity index (χ0n) is 11.2. The van der Waals surface area contributed by atoms with Crippen LogP contribution in [0.3, 0.4) is 0 Å². The molecule has 3 heteroatoms. The van der Waals surface area contributed by atoms with Crippen LogP contribution >= 0.6 is 0 Å². The fraction of sp³-hybridized carbons (Fsp3) is 0.923. The Morgan fingerprint density at radius 1 is 1.44 bits per heavy atom. The van der Waals surface area contributed by atoms with Crippen molar-refractivity contribution in [3.63, 3.8) is 0 Å². The van der Waals surface area contributed by atoms with E-state index in [1.54, 1.807) is 0 Å². The third kappa shape index (κ3) is 3.48. The highest BCUT2D eigenvalue weighted by molar-refractivity contribution is 5.72. The molecular formula is C13H25NO2. The zero-order valence-corrected chi connectivity index (χ0v) is 11.2. The monoisotopic (exact) mass is 227 g/mol. The number of rotatable bonds is 4. The Labute approximate surface area is 98.9 Å². The van der Waals surface area contributed by atoms with Crippen LogP contribution in [0.4, 0.5) is 0 Å². The lowest BCUT2D eigenvalue weighted by Gasteiger charge is -2.24. The van der Waals surface area contributed by atoms with Crippen molar-refractivity contribution >= 4 is 5.97 Å². The molecule has 0 heterocycles. The lowest BCUT2D eigenvalue weighted by molar-refractivity contribution is -0.145. The maximum atomic E-state index is 11.4. The first kappa shape index (κ1) is 13.5. The van der Waals surface area contributed by atoms with E-state index in [4.69, 9.17) is 4.74 Å². The van der Waals surface area contributed by atoms with Gasteiger partial charge in [0.15, 0.2) is 0 Å². The summed E-state index contributed by atoms with van der Waals surface area (Å²) in [6, 6.07) is 0.739. The molecule has 0 aromatic heterocycles. The Hall–Kier alpha value is -0.570. The number of hydrogen-bond donors (Lipinski definition) is 1. The number of carbonyl (C=O) groups excluding carboxylic acids is 1. The number of hydrogen-bond acceptors (Lipinski definition) is 3. The Morgan fingerprint density at radius 2 is 2.06 bits per heavy atom. The van der Waals surface area contributed by atoms with E-state index in [0.717, 1.165) is 0 Å². The average molecular weight is 227 g/mol. The quantitative estimate of drug-likeness (QED) is 0.749. The van der Waals surface area contributed by atoms with Gasteiger partial charge in [-0.15, -0.1) is 0 Å². The molecule has 0 aliphatic heterocycles. The molecular weight excluding hydrogens is 202 g/mol. The summed E-state index contributed by atoms with van der Waals surface area (Å²) in [4.78, 5) is 11.4. The Balaban J connectivity index is 2.40. The molecule has 0 aromatic rings. The molecule has 1 fully saturated rings. The second-order valence-corrected chi connectivity index (χ2v) is 5.87. The maximum Gasteiger partial charge on any atom is 0.309 e. The van der Waals surface area contributed by atoms with Gasteiger partial charge in [0, 0.05) is 12.1 Å². The van der Waals surface area contributed by atoms with Gasteiger partial charge in [-0.05, 0) is 31.6 Å². The highest BCUT2D eigenvalue weighted by atomic mass is 16.5. The van der Waals surface area contributed by atoms with E-state index >= 15 is 0 Å². The van der Waals surface area contributed by atoms with E-state index in [1.807, 2.05) is 6.92 Å². The predicted octanol–water partition coefficient (Wildman–Crippen LogP) is 2.35. The van der Waals surface area contributed by atoms with Gasteiger partial charge in [0.05, 0.1) is 13.0 Å². The fourth-order valence-corrected chi connectivity index (χ4v) is 2.48. The lowest BCUT2D eigenvalue weighted by atomic mass is 9.91. The lowest BCUT2D eigenvalue weighted by Crippen LogP contribution is -2.42. The molecule has 3 atom stereocenters. The summed E-state index contributed by atoms with van der Waals surface area (Å²) in [6.07, 6.45) is 3.68. The number of ether oxygens (including phenoxy) is 1. The molecule has 3 nitrogen and oxygen atoms in total. The number of carbonyl (C=O) groups is 1. The first-order valence-corrected chi connectivity index (χ1v) is 6.19. The molecule has 0 saturated heterocycles. The third-order valence-corrected chi connectivity index (χ3v) is 3.79. The van der Waals surface area contributed by atoms with Crippen molar-refractivity contribution in [3.8, 4) is 0 Å².